The SMILES string of the molecule is Cc1ccc(C2(CN)CC2CO)cc1. The van der Waals surface area contributed by atoms with Gasteiger partial charge in [-0.1, -0.05) is 29.8 Å². The van der Waals surface area contributed by atoms with Gasteiger partial charge in [0.25, 0.3) is 0 Å². The van der Waals surface area contributed by atoms with Crippen LogP contribution in [-0.4, -0.2) is 18.3 Å². The van der Waals surface area contributed by atoms with Crippen molar-refractivity contribution in [3.8, 4) is 0 Å². The monoisotopic (exact) mass is 191 g/mol. The molecule has 76 valence electrons. The first-order valence-electron chi connectivity index (χ1n) is 5.11. The highest BCUT2D eigenvalue weighted by molar-refractivity contribution is 5.36. The van der Waals surface area contributed by atoms with Crippen LogP contribution in [0.3, 0.4) is 0 Å². The van der Waals surface area contributed by atoms with E-state index >= 15 is 0 Å². The molecule has 1 aromatic rings. The lowest BCUT2D eigenvalue weighted by molar-refractivity contribution is 0.264. The molecule has 0 aliphatic heterocycles. The van der Waals surface area contributed by atoms with Gasteiger partial charge in [0.15, 0.2) is 0 Å². The molecular weight excluding hydrogens is 174 g/mol. The summed E-state index contributed by atoms with van der Waals surface area (Å²) in [5.74, 6) is 0.371. The second-order valence-corrected chi connectivity index (χ2v) is 4.31. The second kappa shape index (κ2) is 3.37. The molecule has 1 aliphatic carbocycles. The van der Waals surface area contributed by atoms with E-state index in [0.29, 0.717) is 12.5 Å². The van der Waals surface area contributed by atoms with E-state index in [1.165, 1.54) is 11.1 Å². The molecule has 0 heterocycles. The fourth-order valence-corrected chi connectivity index (χ4v) is 2.23. The maximum atomic E-state index is 9.13. The average Bonchev–Trinajstić information content (AvgIpc) is 2.94. The van der Waals surface area contributed by atoms with Crippen LogP contribution in [0.1, 0.15) is 17.5 Å². The molecule has 1 aliphatic rings. The standard InChI is InChI=1S/C12H17NO/c1-9-2-4-10(5-3-9)12(8-13)6-11(12)7-14/h2-5,11,14H,6-8,13H2,1H3. The van der Waals surface area contributed by atoms with Gasteiger partial charge in [-0.05, 0) is 24.8 Å². The van der Waals surface area contributed by atoms with Gasteiger partial charge in [-0.15, -0.1) is 0 Å². The molecule has 2 nitrogen and oxygen atoms in total. The van der Waals surface area contributed by atoms with Crippen LogP contribution in [-0.2, 0) is 5.41 Å². The third kappa shape index (κ3) is 1.35. The number of hydrogen-bond acceptors (Lipinski definition) is 2. The van der Waals surface area contributed by atoms with Crippen molar-refractivity contribution in [2.45, 2.75) is 18.8 Å². The molecule has 0 spiro atoms. The fraction of sp³-hybridized carbons (Fsp3) is 0.500. The number of aliphatic hydroxyl groups is 1. The van der Waals surface area contributed by atoms with E-state index in [9.17, 15) is 0 Å². The molecule has 0 aromatic heterocycles. The highest BCUT2D eigenvalue weighted by Gasteiger charge is 2.53. The second-order valence-electron chi connectivity index (χ2n) is 4.31. The summed E-state index contributed by atoms with van der Waals surface area (Å²) in [4.78, 5) is 0. The summed E-state index contributed by atoms with van der Waals surface area (Å²) in [5.41, 5.74) is 8.41. The number of rotatable bonds is 3. The summed E-state index contributed by atoms with van der Waals surface area (Å²) < 4.78 is 0. The van der Waals surface area contributed by atoms with Crippen molar-refractivity contribution in [1.82, 2.24) is 0 Å². The highest BCUT2D eigenvalue weighted by Crippen LogP contribution is 2.53. The third-order valence-corrected chi connectivity index (χ3v) is 3.44. The van der Waals surface area contributed by atoms with Crippen LogP contribution in [0, 0.1) is 12.8 Å². The third-order valence-electron chi connectivity index (χ3n) is 3.44. The first-order valence-corrected chi connectivity index (χ1v) is 5.11. The van der Waals surface area contributed by atoms with E-state index in [-0.39, 0.29) is 12.0 Å². The minimum absolute atomic E-state index is 0.0719. The van der Waals surface area contributed by atoms with E-state index in [4.69, 9.17) is 10.8 Å². The normalized spacial score (nSPS) is 30.4. The van der Waals surface area contributed by atoms with Crippen LogP contribution >= 0.6 is 0 Å². The van der Waals surface area contributed by atoms with Crippen molar-refractivity contribution in [3.05, 3.63) is 35.4 Å². The number of benzene rings is 1. The van der Waals surface area contributed by atoms with Gasteiger partial charge in [-0.3, -0.25) is 0 Å². The number of aliphatic hydroxyl groups excluding tert-OH is 1. The number of aryl methyl sites for hydroxylation is 1. The fourth-order valence-electron chi connectivity index (χ4n) is 2.23. The van der Waals surface area contributed by atoms with Crippen molar-refractivity contribution in [1.29, 1.82) is 0 Å². The van der Waals surface area contributed by atoms with Crippen molar-refractivity contribution < 1.29 is 5.11 Å². The van der Waals surface area contributed by atoms with Gasteiger partial charge in [-0.25, -0.2) is 0 Å². The summed E-state index contributed by atoms with van der Waals surface area (Å²) in [6.07, 6.45) is 1.03. The highest BCUT2D eigenvalue weighted by atomic mass is 16.3. The van der Waals surface area contributed by atoms with Gasteiger partial charge in [0.05, 0.1) is 0 Å². The average molecular weight is 191 g/mol. The van der Waals surface area contributed by atoms with E-state index in [0.717, 1.165) is 6.42 Å². The molecule has 1 fully saturated rings. The van der Waals surface area contributed by atoms with Crippen LogP contribution < -0.4 is 5.73 Å². The molecule has 14 heavy (non-hydrogen) atoms. The summed E-state index contributed by atoms with van der Waals surface area (Å²) in [7, 11) is 0. The zero-order chi connectivity index (χ0) is 10.2. The van der Waals surface area contributed by atoms with Gasteiger partial charge in [0, 0.05) is 18.6 Å². The van der Waals surface area contributed by atoms with E-state index in [2.05, 4.69) is 31.2 Å². The molecule has 0 saturated heterocycles. The Hall–Kier alpha value is -0.860. The maximum absolute atomic E-state index is 9.13. The quantitative estimate of drug-likeness (QED) is 0.754. The van der Waals surface area contributed by atoms with Crippen LogP contribution in [0.2, 0.25) is 0 Å². The Labute approximate surface area is 84.7 Å². The molecule has 1 saturated carbocycles. The van der Waals surface area contributed by atoms with Crippen LogP contribution in [0.15, 0.2) is 24.3 Å². The molecule has 1 aromatic carbocycles. The van der Waals surface area contributed by atoms with Crippen molar-refractivity contribution >= 4 is 0 Å². The van der Waals surface area contributed by atoms with Gasteiger partial charge >= 0.3 is 0 Å². The lowest BCUT2D eigenvalue weighted by Crippen LogP contribution is -2.23. The number of nitrogens with two attached hydrogens (primary N) is 1. The molecule has 2 rings (SSSR count). The first kappa shape index (κ1) is 9.69. The van der Waals surface area contributed by atoms with E-state index in [1.807, 2.05) is 0 Å². The van der Waals surface area contributed by atoms with E-state index < -0.39 is 0 Å². The zero-order valence-corrected chi connectivity index (χ0v) is 8.53. The van der Waals surface area contributed by atoms with E-state index in [1.54, 1.807) is 0 Å². The summed E-state index contributed by atoms with van der Waals surface area (Å²) in [5, 5.41) is 9.13. The lowest BCUT2D eigenvalue weighted by atomic mass is 9.93. The summed E-state index contributed by atoms with van der Waals surface area (Å²) in [6, 6.07) is 8.49. The Morgan fingerprint density at radius 2 is 2.07 bits per heavy atom. The van der Waals surface area contributed by atoms with Gasteiger partial charge < -0.3 is 10.8 Å². The van der Waals surface area contributed by atoms with Crippen LogP contribution in [0.5, 0.6) is 0 Å². The number of hydrogen-bond donors (Lipinski definition) is 2. The minimum Gasteiger partial charge on any atom is -0.396 e. The molecule has 0 bridgehead atoms. The molecule has 2 heteroatoms. The summed E-state index contributed by atoms with van der Waals surface area (Å²) in [6.45, 7) is 2.97. The Balaban J connectivity index is 2.26. The lowest BCUT2D eigenvalue weighted by Gasteiger charge is -2.15. The Bertz CT molecular complexity index is 320. The molecule has 3 N–H and O–H groups in total. The van der Waals surface area contributed by atoms with Crippen molar-refractivity contribution in [3.63, 3.8) is 0 Å². The maximum Gasteiger partial charge on any atom is 0.0468 e. The Morgan fingerprint density at radius 3 is 2.50 bits per heavy atom. The summed E-state index contributed by atoms with van der Waals surface area (Å²) >= 11 is 0. The molecular formula is C12H17NO. The van der Waals surface area contributed by atoms with Gasteiger partial charge in [0.2, 0.25) is 0 Å². The Kier molecular flexibility index (Phi) is 2.33. The minimum atomic E-state index is 0.0719. The van der Waals surface area contributed by atoms with Crippen molar-refractivity contribution in [2.24, 2.45) is 11.7 Å². The first-order chi connectivity index (χ1) is 6.73. The molecule has 2 unspecified atom stereocenters. The Morgan fingerprint density at radius 1 is 1.43 bits per heavy atom. The molecule has 0 radical (unpaired) electrons. The zero-order valence-electron chi connectivity index (χ0n) is 8.53. The largest absolute Gasteiger partial charge is 0.396 e. The topological polar surface area (TPSA) is 46.2 Å². The van der Waals surface area contributed by atoms with Gasteiger partial charge in [0.1, 0.15) is 0 Å². The van der Waals surface area contributed by atoms with Gasteiger partial charge in [-0.2, -0.15) is 0 Å². The molecule has 0 amide bonds. The van der Waals surface area contributed by atoms with Crippen LogP contribution in [0.4, 0.5) is 0 Å². The molecule has 2 atom stereocenters. The van der Waals surface area contributed by atoms with Crippen LogP contribution in [0.25, 0.3) is 0 Å². The smallest absolute Gasteiger partial charge is 0.0468 e. The predicted molar refractivity (Wildman–Crippen MR) is 57.1 cm³/mol. The predicted octanol–water partition coefficient (Wildman–Crippen LogP) is 1.20. The van der Waals surface area contributed by atoms with Crippen molar-refractivity contribution in [2.75, 3.05) is 13.2 Å².